The van der Waals surface area contributed by atoms with Crippen molar-refractivity contribution in [3.63, 3.8) is 0 Å². The fourth-order valence-corrected chi connectivity index (χ4v) is 2.82. The van der Waals surface area contributed by atoms with E-state index >= 15 is 0 Å². The van der Waals surface area contributed by atoms with E-state index in [9.17, 15) is 13.2 Å². The van der Waals surface area contributed by atoms with E-state index in [0.29, 0.717) is 0 Å². The number of hydrogen-bond donors (Lipinski definition) is 2. The summed E-state index contributed by atoms with van der Waals surface area (Å²) in [5, 5.41) is 9.09. The van der Waals surface area contributed by atoms with Gasteiger partial charge < -0.3 is 5.11 Å². The maximum atomic E-state index is 12.2. The topological polar surface area (TPSA) is 83.5 Å². The van der Waals surface area contributed by atoms with Crippen molar-refractivity contribution in [2.75, 3.05) is 4.72 Å². The number of nitrogens with one attached hydrogen (secondary N) is 1. The van der Waals surface area contributed by atoms with E-state index < -0.39 is 16.0 Å². The molecule has 0 amide bonds. The Bertz CT molecular complexity index is 739. The van der Waals surface area contributed by atoms with Crippen molar-refractivity contribution in [1.82, 2.24) is 0 Å². The highest BCUT2D eigenvalue weighted by atomic mass is 32.2. The molecule has 2 aromatic carbocycles. The van der Waals surface area contributed by atoms with Gasteiger partial charge in [-0.1, -0.05) is 24.3 Å². The molecule has 104 valence electrons. The fourth-order valence-electron chi connectivity index (χ4n) is 1.73. The third kappa shape index (κ3) is 2.97. The first-order valence-electron chi connectivity index (χ1n) is 5.82. The largest absolute Gasteiger partial charge is 0.478 e. The summed E-state index contributed by atoms with van der Waals surface area (Å²) >= 11 is 0. The van der Waals surface area contributed by atoms with Crippen LogP contribution < -0.4 is 4.72 Å². The molecule has 20 heavy (non-hydrogen) atoms. The molecule has 0 unspecified atom stereocenters. The Morgan fingerprint density at radius 1 is 1.10 bits per heavy atom. The van der Waals surface area contributed by atoms with Gasteiger partial charge in [0.05, 0.1) is 16.1 Å². The van der Waals surface area contributed by atoms with Crippen LogP contribution in [0.25, 0.3) is 0 Å². The van der Waals surface area contributed by atoms with Crippen molar-refractivity contribution in [2.24, 2.45) is 0 Å². The smallest absolute Gasteiger partial charge is 0.337 e. The Kier molecular flexibility index (Phi) is 3.76. The molecular weight excluding hydrogens is 278 g/mol. The van der Waals surface area contributed by atoms with Gasteiger partial charge in [0.25, 0.3) is 10.0 Å². The number of carbonyl (C=O) groups is 1. The zero-order valence-corrected chi connectivity index (χ0v) is 11.5. The van der Waals surface area contributed by atoms with E-state index in [2.05, 4.69) is 4.72 Å². The second-order valence-electron chi connectivity index (χ2n) is 4.27. The molecule has 0 aliphatic carbocycles. The van der Waals surface area contributed by atoms with Gasteiger partial charge in [-0.25, -0.2) is 13.2 Å². The van der Waals surface area contributed by atoms with Crippen LogP contribution in [0.3, 0.4) is 0 Å². The molecule has 0 saturated carbocycles. The SMILES string of the molecule is Cc1ccc(C(=O)O)c(NS(=O)(=O)c2ccccc2)c1. The van der Waals surface area contributed by atoms with Gasteiger partial charge in [0.2, 0.25) is 0 Å². The number of aryl methyl sites for hydroxylation is 1. The third-order valence-electron chi connectivity index (χ3n) is 2.70. The van der Waals surface area contributed by atoms with E-state index in [1.54, 1.807) is 31.2 Å². The molecule has 2 aromatic rings. The number of sulfonamides is 1. The summed E-state index contributed by atoms with van der Waals surface area (Å²) in [4.78, 5) is 11.2. The second kappa shape index (κ2) is 5.34. The molecule has 0 aromatic heterocycles. The quantitative estimate of drug-likeness (QED) is 0.906. The van der Waals surface area contributed by atoms with Crippen molar-refractivity contribution < 1.29 is 18.3 Å². The highest BCUT2D eigenvalue weighted by Gasteiger charge is 2.18. The summed E-state index contributed by atoms with van der Waals surface area (Å²) in [5.74, 6) is -1.18. The third-order valence-corrected chi connectivity index (χ3v) is 4.08. The molecule has 0 spiro atoms. The molecule has 0 fully saturated rings. The molecule has 0 saturated heterocycles. The Balaban J connectivity index is 2.44. The standard InChI is InChI=1S/C14H13NO4S/c1-10-7-8-12(14(16)17)13(9-10)15-20(18,19)11-5-3-2-4-6-11/h2-9,15H,1H3,(H,16,17). The number of carboxylic acids is 1. The number of benzene rings is 2. The van der Waals surface area contributed by atoms with Crippen LogP contribution in [0.4, 0.5) is 5.69 Å². The molecule has 5 nitrogen and oxygen atoms in total. The zero-order valence-electron chi connectivity index (χ0n) is 10.7. The van der Waals surface area contributed by atoms with E-state index in [1.165, 1.54) is 24.3 Å². The van der Waals surface area contributed by atoms with Gasteiger partial charge in [0.15, 0.2) is 0 Å². The van der Waals surface area contributed by atoms with Crippen LogP contribution >= 0.6 is 0 Å². The summed E-state index contributed by atoms with van der Waals surface area (Å²) in [7, 11) is -3.80. The summed E-state index contributed by atoms with van der Waals surface area (Å²) in [6, 6.07) is 12.3. The average Bonchev–Trinajstić information content (AvgIpc) is 2.39. The Labute approximate surface area is 116 Å². The van der Waals surface area contributed by atoms with Gasteiger partial charge in [-0.3, -0.25) is 4.72 Å². The van der Waals surface area contributed by atoms with Crippen LogP contribution in [0.15, 0.2) is 53.4 Å². The van der Waals surface area contributed by atoms with Gasteiger partial charge >= 0.3 is 5.97 Å². The number of rotatable bonds is 4. The van der Waals surface area contributed by atoms with E-state index in [1.807, 2.05) is 0 Å². The van der Waals surface area contributed by atoms with Crippen LogP contribution in [0, 0.1) is 6.92 Å². The Hall–Kier alpha value is -2.34. The molecular formula is C14H13NO4S. The molecule has 0 radical (unpaired) electrons. The summed E-state index contributed by atoms with van der Waals surface area (Å²) in [6.45, 7) is 1.76. The van der Waals surface area contributed by atoms with E-state index in [-0.39, 0.29) is 16.1 Å². The molecule has 2 N–H and O–H groups in total. The van der Waals surface area contributed by atoms with Crippen LogP contribution in [-0.2, 0) is 10.0 Å². The normalized spacial score (nSPS) is 11.1. The first kappa shape index (κ1) is 14.1. The summed E-state index contributed by atoms with van der Waals surface area (Å²) in [5.41, 5.74) is 0.734. The number of hydrogen-bond acceptors (Lipinski definition) is 3. The number of anilines is 1. The van der Waals surface area contributed by atoms with Gasteiger partial charge in [0.1, 0.15) is 0 Å². The molecule has 0 aliphatic heterocycles. The lowest BCUT2D eigenvalue weighted by Gasteiger charge is -2.11. The first-order chi connectivity index (χ1) is 9.40. The minimum Gasteiger partial charge on any atom is -0.478 e. The van der Waals surface area contributed by atoms with Crippen molar-refractivity contribution >= 4 is 21.7 Å². The van der Waals surface area contributed by atoms with Crippen LogP contribution in [0.5, 0.6) is 0 Å². The lowest BCUT2D eigenvalue weighted by Crippen LogP contribution is -2.15. The van der Waals surface area contributed by atoms with Gasteiger partial charge in [-0.15, -0.1) is 0 Å². The van der Waals surface area contributed by atoms with Gasteiger partial charge in [-0.05, 0) is 36.8 Å². The highest BCUT2D eigenvalue weighted by molar-refractivity contribution is 7.92. The van der Waals surface area contributed by atoms with Crippen molar-refractivity contribution in [3.8, 4) is 0 Å². The Morgan fingerprint density at radius 3 is 2.35 bits per heavy atom. The van der Waals surface area contributed by atoms with Crippen molar-refractivity contribution in [2.45, 2.75) is 11.8 Å². The van der Waals surface area contributed by atoms with Crippen LogP contribution in [-0.4, -0.2) is 19.5 Å². The second-order valence-corrected chi connectivity index (χ2v) is 5.96. The summed E-state index contributed by atoms with van der Waals surface area (Å²) in [6.07, 6.45) is 0. The van der Waals surface area contributed by atoms with E-state index in [4.69, 9.17) is 5.11 Å². The fraction of sp³-hybridized carbons (Fsp3) is 0.0714. The highest BCUT2D eigenvalue weighted by Crippen LogP contribution is 2.21. The summed E-state index contributed by atoms with van der Waals surface area (Å²) < 4.78 is 26.7. The number of carboxylic acid groups (broad SMARTS) is 1. The van der Waals surface area contributed by atoms with Crippen LogP contribution in [0.2, 0.25) is 0 Å². The predicted molar refractivity (Wildman–Crippen MR) is 75.4 cm³/mol. The van der Waals surface area contributed by atoms with Crippen molar-refractivity contribution in [3.05, 3.63) is 59.7 Å². The van der Waals surface area contributed by atoms with E-state index in [0.717, 1.165) is 5.56 Å². The molecule has 0 heterocycles. The maximum Gasteiger partial charge on any atom is 0.337 e. The molecule has 0 bridgehead atoms. The minimum atomic E-state index is -3.80. The van der Waals surface area contributed by atoms with Crippen molar-refractivity contribution in [1.29, 1.82) is 0 Å². The monoisotopic (exact) mass is 291 g/mol. The average molecular weight is 291 g/mol. The maximum absolute atomic E-state index is 12.2. The molecule has 6 heteroatoms. The first-order valence-corrected chi connectivity index (χ1v) is 7.30. The minimum absolute atomic E-state index is 0.0568. The molecule has 2 rings (SSSR count). The molecule has 0 atom stereocenters. The molecule has 0 aliphatic rings. The van der Waals surface area contributed by atoms with Gasteiger partial charge in [0, 0.05) is 0 Å². The number of aromatic carboxylic acids is 1. The lowest BCUT2D eigenvalue weighted by atomic mass is 10.1. The van der Waals surface area contributed by atoms with Gasteiger partial charge in [-0.2, -0.15) is 0 Å². The predicted octanol–water partition coefficient (Wildman–Crippen LogP) is 2.49. The zero-order chi connectivity index (χ0) is 14.8. The van der Waals surface area contributed by atoms with Crippen LogP contribution in [0.1, 0.15) is 15.9 Å². The Morgan fingerprint density at radius 2 is 1.75 bits per heavy atom. The lowest BCUT2D eigenvalue weighted by molar-refractivity contribution is 0.0698.